The molecule has 3 rings (SSSR count). The van der Waals surface area contributed by atoms with Gasteiger partial charge in [-0.15, -0.1) is 0 Å². The number of benzene rings is 2. The van der Waals surface area contributed by atoms with Crippen LogP contribution in [0, 0.1) is 0 Å². The molecule has 1 aliphatic heterocycles. The van der Waals surface area contributed by atoms with E-state index < -0.39 is 0 Å². The van der Waals surface area contributed by atoms with E-state index in [1.54, 1.807) is 0 Å². The average molecular weight is 402 g/mol. The maximum atomic E-state index is 12.5. The van der Waals surface area contributed by atoms with Crippen LogP contribution in [0.4, 0.5) is 5.69 Å². The lowest BCUT2D eigenvalue weighted by Gasteiger charge is -2.11. The van der Waals surface area contributed by atoms with Gasteiger partial charge in [-0.05, 0) is 54.7 Å². The Kier molecular flexibility index (Phi) is 6.24. The number of hydrogen-bond donors (Lipinski definition) is 3. The van der Waals surface area contributed by atoms with E-state index in [0.717, 1.165) is 23.0 Å². The van der Waals surface area contributed by atoms with E-state index in [9.17, 15) is 4.79 Å². The second kappa shape index (κ2) is 8.61. The molecule has 1 saturated heterocycles. The molecule has 5 heteroatoms. The van der Waals surface area contributed by atoms with Gasteiger partial charge in [0, 0.05) is 16.2 Å². The lowest BCUT2D eigenvalue weighted by Crippen LogP contribution is -2.39. The molecule has 2 aromatic carbocycles. The van der Waals surface area contributed by atoms with E-state index >= 15 is 0 Å². The topological polar surface area (TPSA) is 53.2 Å². The molecule has 0 saturated carbocycles. The largest absolute Gasteiger partial charge is 0.325 e. The molecule has 0 aliphatic carbocycles. The van der Waals surface area contributed by atoms with Crippen molar-refractivity contribution in [2.45, 2.75) is 44.7 Å². The lowest BCUT2D eigenvalue weighted by molar-refractivity contribution is -0.117. The smallest absolute Gasteiger partial charge is 0.242 e. The molecular formula is C20H24BrN3O. The van der Waals surface area contributed by atoms with Gasteiger partial charge in [0.05, 0.1) is 0 Å². The van der Waals surface area contributed by atoms with Gasteiger partial charge in [-0.3, -0.25) is 4.79 Å². The van der Waals surface area contributed by atoms with Gasteiger partial charge in [0.25, 0.3) is 0 Å². The zero-order chi connectivity index (χ0) is 17.6. The Morgan fingerprint density at radius 3 is 2.52 bits per heavy atom. The molecule has 1 heterocycles. The van der Waals surface area contributed by atoms with Crippen molar-refractivity contribution < 1.29 is 4.79 Å². The molecule has 1 aliphatic rings. The van der Waals surface area contributed by atoms with E-state index in [0.29, 0.717) is 0 Å². The first-order valence-corrected chi connectivity index (χ1v) is 9.61. The van der Waals surface area contributed by atoms with Crippen molar-refractivity contribution in [3.8, 4) is 0 Å². The fourth-order valence-electron chi connectivity index (χ4n) is 3.01. The van der Waals surface area contributed by atoms with Crippen LogP contribution in [0.2, 0.25) is 0 Å². The molecule has 0 bridgehead atoms. The Bertz CT molecular complexity index is 700. The SMILES string of the molecule is CCCCc1ccc(NC(=O)C2CC(c3ccc(Br)cc3)NN2)cc1. The van der Waals surface area contributed by atoms with Crippen molar-refractivity contribution in [3.63, 3.8) is 0 Å². The molecular weight excluding hydrogens is 378 g/mol. The van der Waals surface area contributed by atoms with Crippen LogP contribution in [0.1, 0.15) is 43.4 Å². The summed E-state index contributed by atoms with van der Waals surface area (Å²) in [5.41, 5.74) is 9.66. The number of halogens is 1. The number of aryl methyl sites for hydroxylation is 1. The van der Waals surface area contributed by atoms with Crippen LogP contribution in [0.15, 0.2) is 53.0 Å². The highest BCUT2D eigenvalue weighted by molar-refractivity contribution is 9.10. The molecule has 1 fully saturated rings. The third kappa shape index (κ3) is 4.91. The minimum absolute atomic E-state index is 0.00609. The average Bonchev–Trinajstić information content (AvgIpc) is 3.12. The summed E-state index contributed by atoms with van der Waals surface area (Å²) < 4.78 is 1.05. The fraction of sp³-hybridized carbons (Fsp3) is 0.350. The standard InChI is InChI=1S/C20H24BrN3O/c1-2-3-4-14-5-11-17(12-6-14)22-20(25)19-13-18(23-24-19)15-7-9-16(21)10-8-15/h5-12,18-19,23-24H,2-4,13H2,1H3,(H,22,25). The van der Waals surface area contributed by atoms with Crippen LogP contribution in [0.25, 0.3) is 0 Å². The highest BCUT2D eigenvalue weighted by Gasteiger charge is 2.30. The minimum Gasteiger partial charge on any atom is -0.325 e. The van der Waals surface area contributed by atoms with Crippen molar-refractivity contribution in [2.75, 3.05) is 5.32 Å². The number of unbranched alkanes of at least 4 members (excludes halogenated alkanes) is 1. The van der Waals surface area contributed by atoms with Gasteiger partial charge >= 0.3 is 0 Å². The third-order valence-corrected chi connectivity index (χ3v) is 5.06. The Hall–Kier alpha value is -1.69. The van der Waals surface area contributed by atoms with Crippen LogP contribution in [-0.4, -0.2) is 11.9 Å². The molecule has 25 heavy (non-hydrogen) atoms. The summed E-state index contributed by atoms with van der Waals surface area (Å²) in [6.45, 7) is 2.19. The number of hydrazine groups is 1. The summed E-state index contributed by atoms with van der Waals surface area (Å²) in [6, 6.07) is 16.2. The van der Waals surface area contributed by atoms with Gasteiger partial charge in [-0.25, -0.2) is 10.9 Å². The number of anilines is 1. The third-order valence-electron chi connectivity index (χ3n) is 4.53. The van der Waals surface area contributed by atoms with Gasteiger partial charge in [-0.1, -0.05) is 53.5 Å². The van der Waals surface area contributed by atoms with Gasteiger partial charge in [0.1, 0.15) is 6.04 Å². The predicted molar refractivity (Wildman–Crippen MR) is 105 cm³/mol. The van der Waals surface area contributed by atoms with E-state index in [1.807, 2.05) is 24.3 Å². The summed E-state index contributed by atoms with van der Waals surface area (Å²) in [5.74, 6) is -0.00609. The maximum absolute atomic E-state index is 12.5. The molecule has 1 amide bonds. The monoisotopic (exact) mass is 401 g/mol. The first kappa shape index (κ1) is 18.1. The summed E-state index contributed by atoms with van der Waals surface area (Å²) in [7, 11) is 0. The highest BCUT2D eigenvalue weighted by Crippen LogP contribution is 2.24. The van der Waals surface area contributed by atoms with Crippen LogP contribution >= 0.6 is 15.9 Å². The number of nitrogens with one attached hydrogen (secondary N) is 3. The van der Waals surface area contributed by atoms with E-state index in [4.69, 9.17) is 0 Å². The normalized spacial score (nSPS) is 19.8. The Balaban J connectivity index is 1.54. The molecule has 2 aromatic rings. The number of rotatable bonds is 6. The second-order valence-electron chi connectivity index (χ2n) is 6.47. The molecule has 0 radical (unpaired) electrons. The maximum Gasteiger partial charge on any atom is 0.242 e. The number of amides is 1. The number of hydrogen-bond acceptors (Lipinski definition) is 3. The first-order chi connectivity index (χ1) is 12.2. The van der Waals surface area contributed by atoms with Crippen LogP contribution in [0.5, 0.6) is 0 Å². The van der Waals surface area contributed by atoms with E-state index in [1.165, 1.54) is 24.0 Å². The Morgan fingerprint density at radius 1 is 1.12 bits per heavy atom. The van der Waals surface area contributed by atoms with Crippen LogP contribution < -0.4 is 16.2 Å². The van der Waals surface area contributed by atoms with Gasteiger partial charge < -0.3 is 5.32 Å². The van der Waals surface area contributed by atoms with Crippen LogP contribution in [0.3, 0.4) is 0 Å². The zero-order valence-corrected chi connectivity index (χ0v) is 16.0. The number of carbonyl (C=O) groups is 1. The zero-order valence-electron chi connectivity index (χ0n) is 14.4. The summed E-state index contributed by atoms with van der Waals surface area (Å²) in [4.78, 5) is 12.5. The second-order valence-corrected chi connectivity index (χ2v) is 7.39. The molecule has 0 spiro atoms. The fourth-order valence-corrected chi connectivity index (χ4v) is 3.27. The van der Waals surface area contributed by atoms with Gasteiger partial charge in [0.2, 0.25) is 5.91 Å². The van der Waals surface area contributed by atoms with Crippen molar-refractivity contribution in [3.05, 3.63) is 64.1 Å². The van der Waals surface area contributed by atoms with Crippen molar-refractivity contribution >= 4 is 27.5 Å². The molecule has 132 valence electrons. The number of carbonyl (C=O) groups excluding carboxylic acids is 1. The summed E-state index contributed by atoms with van der Waals surface area (Å²) >= 11 is 3.44. The quantitative estimate of drug-likeness (QED) is 0.674. The van der Waals surface area contributed by atoms with Gasteiger partial charge in [0.15, 0.2) is 0 Å². The van der Waals surface area contributed by atoms with Gasteiger partial charge in [-0.2, -0.15) is 0 Å². The highest BCUT2D eigenvalue weighted by atomic mass is 79.9. The van der Waals surface area contributed by atoms with E-state index in [-0.39, 0.29) is 18.0 Å². The molecule has 3 N–H and O–H groups in total. The molecule has 0 aromatic heterocycles. The van der Waals surface area contributed by atoms with E-state index in [2.05, 4.69) is 63.3 Å². The Labute approximate surface area is 157 Å². The van der Waals surface area contributed by atoms with Crippen molar-refractivity contribution in [1.29, 1.82) is 0 Å². The van der Waals surface area contributed by atoms with Crippen molar-refractivity contribution in [2.24, 2.45) is 0 Å². The molecule has 4 nitrogen and oxygen atoms in total. The van der Waals surface area contributed by atoms with Crippen LogP contribution in [-0.2, 0) is 11.2 Å². The first-order valence-electron chi connectivity index (χ1n) is 8.82. The Morgan fingerprint density at radius 2 is 1.84 bits per heavy atom. The predicted octanol–water partition coefficient (Wildman–Crippen LogP) is 4.34. The molecule has 2 atom stereocenters. The lowest BCUT2D eigenvalue weighted by atomic mass is 10.0. The summed E-state index contributed by atoms with van der Waals surface area (Å²) in [5, 5.41) is 3.00. The minimum atomic E-state index is -0.242. The molecule has 2 unspecified atom stereocenters. The summed E-state index contributed by atoms with van der Waals surface area (Å²) in [6.07, 6.45) is 4.20. The van der Waals surface area contributed by atoms with Crippen molar-refractivity contribution in [1.82, 2.24) is 10.9 Å².